The van der Waals surface area contributed by atoms with E-state index >= 15 is 0 Å². The van der Waals surface area contributed by atoms with Crippen molar-refractivity contribution >= 4 is 12.0 Å². The van der Waals surface area contributed by atoms with Crippen molar-refractivity contribution in [3.05, 3.63) is 59.7 Å². The molecule has 3 rings (SSSR count). The van der Waals surface area contributed by atoms with Crippen molar-refractivity contribution in [2.24, 2.45) is 0 Å². The zero-order chi connectivity index (χ0) is 22.1. The van der Waals surface area contributed by atoms with Gasteiger partial charge in [0.05, 0.1) is 14.2 Å². The average molecular weight is 421 g/mol. The van der Waals surface area contributed by atoms with E-state index in [1.165, 1.54) is 5.56 Å². The Morgan fingerprint density at radius 3 is 2.42 bits per heavy atom. The summed E-state index contributed by atoms with van der Waals surface area (Å²) in [6.45, 7) is 3.89. The first-order valence-corrected chi connectivity index (χ1v) is 10.1. The van der Waals surface area contributed by atoms with Crippen LogP contribution in [-0.2, 0) is 11.3 Å². The highest BCUT2D eigenvalue weighted by atomic mass is 16.5. The van der Waals surface area contributed by atoms with Gasteiger partial charge in [-0.1, -0.05) is 18.2 Å². The molecule has 2 aromatic carbocycles. The van der Waals surface area contributed by atoms with Crippen LogP contribution in [0.3, 0.4) is 0 Å². The molecule has 0 N–H and O–H groups in total. The molecule has 0 bridgehead atoms. The van der Waals surface area contributed by atoms with Gasteiger partial charge in [-0.2, -0.15) is 5.26 Å². The Kier molecular flexibility index (Phi) is 7.91. The van der Waals surface area contributed by atoms with Gasteiger partial charge in [0, 0.05) is 38.8 Å². The summed E-state index contributed by atoms with van der Waals surface area (Å²) < 4.78 is 15.8. The summed E-state index contributed by atoms with van der Waals surface area (Å²) >= 11 is 0. The Hall–Kier alpha value is -3.50. The van der Waals surface area contributed by atoms with Crippen LogP contribution >= 0.6 is 0 Å². The van der Waals surface area contributed by atoms with Gasteiger partial charge in [0.15, 0.2) is 18.1 Å². The monoisotopic (exact) mass is 421 g/mol. The first kappa shape index (κ1) is 22.2. The zero-order valence-corrected chi connectivity index (χ0v) is 17.9. The van der Waals surface area contributed by atoms with E-state index in [1.54, 1.807) is 38.5 Å². The van der Waals surface area contributed by atoms with E-state index in [-0.39, 0.29) is 12.5 Å². The number of amides is 1. The number of methoxy groups -OCH3 is 2. The highest BCUT2D eigenvalue weighted by Crippen LogP contribution is 2.28. The fraction of sp³-hybridized carbons (Fsp3) is 0.333. The number of hydrogen-bond donors (Lipinski definition) is 0. The van der Waals surface area contributed by atoms with E-state index in [0.717, 1.165) is 30.9 Å². The lowest BCUT2D eigenvalue weighted by Gasteiger charge is -2.34. The Bertz CT molecular complexity index is 942. The lowest BCUT2D eigenvalue weighted by Crippen LogP contribution is -2.47. The summed E-state index contributed by atoms with van der Waals surface area (Å²) in [5.74, 6) is 1.87. The van der Waals surface area contributed by atoms with Crippen molar-refractivity contribution < 1.29 is 19.0 Å². The summed E-state index contributed by atoms with van der Waals surface area (Å²) in [6, 6.07) is 15.4. The number of hydrogen-bond acceptors (Lipinski definition) is 6. The molecule has 1 heterocycles. The molecule has 0 aromatic heterocycles. The van der Waals surface area contributed by atoms with Crippen LogP contribution in [0.25, 0.3) is 6.08 Å². The molecule has 1 saturated heterocycles. The summed E-state index contributed by atoms with van der Waals surface area (Å²) in [7, 11) is 3.20. The lowest BCUT2D eigenvalue weighted by molar-refractivity contribution is -0.127. The molecule has 1 amide bonds. The van der Waals surface area contributed by atoms with Gasteiger partial charge in [-0.25, -0.2) is 0 Å². The van der Waals surface area contributed by atoms with Gasteiger partial charge in [-0.05, 0) is 41.5 Å². The molecule has 1 fully saturated rings. The Morgan fingerprint density at radius 2 is 1.77 bits per heavy atom. The van der Waals surface area contributed by atoms with Crippen molar-refractivity contribution in [2.45, 2.75) is 6.54 Å². The van der Waals surface area contributed by atoms with E-state index < -0.39 is 0 Å². The maximum Gasteiger partial charge on any atom is 0.246 e. The molecule has 0 aliphatic carbocycles. The minimum atomic E-state index is -0.0471. The molecule has 0 atom stereocenters. The second-order valence-electron chi connectivity index (χ2n) is 7.14. The summed E-state index contributed by atoms with van der Waals surface area (Å²) in [5.41, 5.74) is 2.06. The minimum Gasteiger partial charge on any atom is -0.497 e. The van der Waals surface area contributed by atoms with Crippen LogP contribution < -0.4 is 14.2 Å². The van der Waals surface area contributed by atoms with E-state index in [9.17, 15) is 4.79 Å². The number of rotatable bonds is 8. The van der Waals surface area contributed by atoms with Gasteiger partial charge in [-0.3, -0.25) is 9.69 Å². The first-order valence-electron chi connectivity index (χ1n) is 10.1. The highest BCUT2D eigenvalue weighted by Gasteiger charge is 2.19. The number of carbonyl (C=O) groups is 1. The molecule has 31 heavy (non-hydrogen) atoms. The van der Waals surface area contributed by atoms with Gasteiger partial charge in [-0.15, -0.1) is 0 Å². The molecule has 1 aliphatic rings. The number of nitriles is 1. The maximum absolute atomic E-state index is 12.6. The molecule has 0 spiro atoms. The topological polar surface area (TPSA) is 75.0 Å². The SMILES string of the molecule is COc1ccc(CN2CCN(C(=O)/C=C/c3ccc(OCC#N)c(OC)c3)CC2)cc1. The molecule has 162 valence electrons. The maximum atomic E-state index is 12.6. The van der Waals surface area contributed by atoms with Gasteiger partial charge in [0.2, 0.25) is 5.91 Å². The fourth-order valence-electron chi connectivity index (χ4n) is 3.41. The molecular weight excluding hydrogens is 394 g/mol. The van der Waals surface area contributed by atoms with E-state index in [2.05, 4.69) is 17.0 Å². The first-order chi connectivity index (χ1) is 15.1. The minimum absolute atomic E-state index is 0.00660. The summed E-state index contributed by atoms with van der Waals surface area (Å²) in [6.07, 6.45) is 3.35. The Labute approximate surface area is 183 Å². The van der Waals surface area contributed by atoms with Crippen molar-refractivity contribution in [2.75, 3.05) is 47.0 Å². The number of ether oxygens (including phenoxy) is 3. The number of piperazine rings is 1. The van der Waals surface area contributed by atoms with Gasteiger partial charge in [0.25, 0.3) is 0 Å². The zero-order valence-electron chi connectivity index (χ0n) is 17.9. The Balaban J connectivity index is 1.51. The highest BCUT2D eigenvalue weighted by molar-refractivity contribution is 5.92. The van der Waals surface area contributed by atoms with Crippen molar-refractivity contribution in [1.82, 2.24) is 9.80 Å². The third-order valence-electron chi connectivity index (χ3n) is 5.15. The molecular formula is C24H27N3O4. The smallest absolute Gasteiger partial charge is 0.246 e. The van der Waals surface area contributed by atoms with Crippen LogP contribution in [-0.4, -0.2) is 62.7 Å². The normalized spacial score (nSPS) is 14.3. The standard InChI is InChI=1S/C24H27N3O4/c1-29-21-7-3-20(4-8-21)18-26-12-14-27(15-13-26)24(28)10-6-19-5-9-22(31-16-11-25)23(17-19)30-2/h3-10,17H,12-16,18H2,1-2H3/b10-6+. The van der Waals surface area contributed by atoms with Gasteiger partial charge < -0.3 is 19.1 Å². The van der Waals surface area contributed by atoms with E-state index in [1.807, 2.05) is 29.2 Å². The number of benzene rings is 2. The quantitative estimate of drug-likeness (QED) is 0.610. The summed E-state index contributed by atoms with van der Waals surface area (Å²) in [5, 5.41) is 8.65. The molecule has 0 unspecified atom stereocenters. The van der Waals surface area contributed by atoms with Crippen molar-refractivity contribution in [1.29, 1.82) is 5.26 Å². The van der Waals surface area contributed by atoms with Crippen molar-refractivity contribution in [3.63, 3.8) is 0 Å². The largest absolute Gasteiger partial charge is 0.497 e. The van der Waals surface area contributed by atoms with Crippen LogP contribution in [0.2, 0.25) is 0 Å². The molecule has 1 aliphatic heterocycles. The lowest BCUT2D eigenvalue weighted by atomic mass is 10.1. The fourth-order valence-corrected chi connectivity index (χ4v) is 3.41. The van der Waals surface area contributed by atoms with Crippen LogP contribution in [0, 0.1) is 11.3 Å². The van der Waals surface area contributed by atoms with Crippen LogP contribution in [0.5, 0.6) is 17.2 Å². The van der Waals surface area contributed by atoms with Crippen LogP contribution in [0.4, 0.5) is 0 Å². The molecule has 0 radical (unpaired) electrons. The van der Waals surface area contributed by atoms with Crippen LogP contribution in [0.1, 0.15) is 11.1 Å². The van der Waals surface area contributed by atoms with E-state index in [4.69, 9.17) is 19.5 Å². The third-order valence-corrected chi connectivity index (χ3v) is 5.15. The third kappa shape index (κ3) is 6.24. The molecule has 0 saturated carbocycles. The predicted octanol–water partition coefficient (Wildman–Crippen LogP) is 2.96. The molecule has 2 aromatic rings. The molecule has 7 nitrogen and oxygen atoms in total. The van der Waals surface area contributed by atoms with E-state index in [0.29, 0.717) is 24.6 Å². The number of carbonyl (C=O) groups excluding carboxylic acids is 1. The summed E-state index contributed by atoms with van der Waals surface area (Å²) in [4.78, 5) is 16.8. The Morgan fingerprint density at radius 1 is 1.03 bits per heavy atom. The second-order valence-corrected chi connectivity index (χ2v) is 7.14. The predicted molar refractivity (Wildman–Crippen MR) is 118 cm³/mol. The van der Waals surface area contributed by atoms with Gasteiger partial charge in [0.1, 0.15) is 11.8 Å². The molecule has 7 heteroatoms. The van der Waals surface area contributed by atoms with Crippen LogP contribution in [0.15, 0.2) is 48.5 Å². The second kappa shape index (κ2) is 11.0. The number of nitrogens with zero attached hydrogens (tertiary/aromatic N) is 3. The van der Waals surface area contributed by atoms with Gasteiger partial charge >= 0.3 is 0 Å². The van der Waals surface area contributed by atoms with Crippen molar-refractivity contribution in [3.8, 4) is 23.3 Å². The average Bonchev–Trinajstić information content (AvgIpc) is 2.82.